The second kappa shape index (κ2) is 7.11. The summed E-state index contributed by atoms with van der Waals surface area (Å²) in [5.74, 6) is -0.0793. The van der Waals surface area contributed by atoms with Gasteiger partial charge >= 0.3 is 0 Å². The Labute approximate surface area is 152 Å². The Bertz CT molecular complexity index is 788. The largest absolute Gasteiger partial charge is 0.275 e. The molecule has 0 aliphatic carbocycles. The molecule has 2 nitrogen and oxygen atoms in total. The van der Waals surface area contributed by atoms with E-state index in [9.17, 15) is 4.79 Å². The maximum Gasteiger partial charge on any atom is 0.262 e. The summed E-state index contributed by atoms with van der Waals surface area (Å²) in [5, 5.41) is 0. The molecule has 0 saturated carbocycles. The van der Waals surface area contributed by atoms with Crippen LogP contribution < -0.4 is 4.90 Å². The first-order chi connectivity index (χ1) is 11.2. The lowest BCUT2D eigenvalue weighted by molar-refractivity contribution is 0.0999. The van der Waals surface area contributed by atoms with Gasteiger partial charge in [0.1, 0.15) is 0 Å². The van der Waals surface area contributed by atoms with Gasteiger partial charge < -0.3 is 0 Å². The lowest BCUT2D eigenvalue weighted by Gasteiger charge is -2.25. The highest BCUT2D eigenvalue weighted by Gasteiger charge is 2.23. The summed E-state index contributed by atoms with van der Waals surface area (Å²) in [6, 6.07) is 24.7. The Morgan fingerprint density at radius 2 is 1.09 bits per heavy atom. The van der Waals surface area contributed by atoms with Crippen LogP contribution >= 0.6 is 31.9 Å². The number of rotatable bonds is 3. The summed E-state index contributed by atoms with van der Waals surface area (Å²) in [6.45, 7) is 0. The van der Waals surface area contributed by atoms with Gasteiger partial charge in [0, 0.05) is 14.5 Å². The van der Waals surface area contributed by atoms with E-state index in [1.165, 1.54) is 0 Å². The molecule has 0 unspecified atom stereocenters. The molecule has 0 N–H and O–H groups in total. The Morgan fingerprint density at radius 3 is 1.57 bits per heavy atom. The molecule has 0 atom stereocenters. The molecule has 3 rings (SSSR count). The van der Waals surface area contributed by atoms with E-state index in [0.29, 0.717) is 5.56 Å². The lowest BCUT2D eigenvalue weighted by atomic mass is 10.1. The van der Waals surface area contributed by atoms with E-state index in [2.05, 4.69) is 31.9 Å². The van der Waals surface area contributed by atoms with Crippen LogP contribution in [0.1, 0.15) is 10.4 Å². The number of benzene rings is 3. The van der Waals surface area contributed by atoms with Crippen LogP contribution in [-0.4, -0.2) is 5.91 Å². The zero-order valence-corrected chi connectivity index (χ0v) is 15.3. The maximum atomic E-state index is 13.1. The van der Waals surface area contributed by atoms with Crippen molar-refractivity contribution in [2.45, 2.75) is 0 Å². The fourth-order valence-corrected chi connectivity index (χ4v) is 3.25. The summed E-state index contributed by atoms with van der Waals surface area (Å²) in [6.07, 6.45) is 0. The van der Waals surface area contributed by atoms with E-state index >= 15 is 0 Å². The van der Waals surface area contributed by atoms with Crippen molar-refractivity contribution in [2.75, 3.05) is 4.90 Å². The standard InChI is InChI=1S/C19H13Br2NO/c20-15-10-4-6-12-17(15)22(18-13-7-5-11-16(18)21)19(23)14-8-2-1-3-9-14/h1-13H. The second-order valence-electron chi connectivity index (χ2n) is 4.91. The smallest absolute Gasteiger partial charge is 0.262 e. The van der Waals surface area contributed by atoms with Gasteiger partial charge in [-0.05, 0) is 68.3 Å². The first-order valence-corrected chi connectivity index (χ1v) is 8.65. The third kappa shape index (κ3) is 3.38. The number of nitrogens with zero attached hydrogens (tertiary/aromatic N) is 1. The molecule has 4 heteroatoms. The third-order valence-electron chi connectivity index (χ3n) is 3.41. The van der Waals surface area contributed by atoms with Crippen molar-refractivity contribution in [1.29, 1.82) is 0 Å². The first kappa shape index (κ1) is 16.0. The average molecular weight is 431 g/mol. The van der Waals surface area contributed by atoms with Crippen molar-refractivity contribution in [3.05, 3.63) is 93.4 Å². The molecule has 0 heterocycles. The number of anilines is 2. The van der Waals surface area contributed by atoms with Crippen molar-refractivity contribution in [3.63, 3.8) is 0 Å². The molecule has 0 aliphatic rings. The molecule has 0 radical (unpaired) electrons. The van der Waals surface area contributed by atoms with Crippen LogP contribution in [0, 0.1) is 0 Å². The predicted octanol–water partition coefficient (Wildman–Crippen LogP) is 6.19. The highest BCUT2D eigenvalue weighted by Crippen LogP contribution is 2.37. The fraction of sp³-hybridized carbons (Fsp3) is 0. The van der Waals surface area contributed by atoms with Gasteiger partial charge in [0.2, 0.25) is 0 Å². The van der Waals surface area contributed by atoms with Gasteiger partial charge in [-0.1, -0.05) is 42.5 Å². The Hall–Kier alpha value is -1.91. The monoisotopic (exact) mass is 429 g/mol. The zero-order chi connectivity index (χ0) is 16.2. The predicted molar refractivity (Wildman–Crippen MR) is 101 cm³/mol. The number of hydrogen-bond acceptors (Lipinski definition) is 1. The number of carbonyl (C=O) groups excluding carboxylic acids is 1. The summed E-state index contributed by atoms with van der Waals surface area (Å²) in [7, 11) is 0. The third-order valence-corrected chi connectivity index (χ3v) is 4.75. The molecule has 0 saturated heterocycles. The Kier molecular flexibility index (Phi) is 4.94. The SMILES string of the molecule is O=C(c1ccccc1)N(c1ccccc1Br)c1ccccc1Br. The van der Waals surface area contributed by atoms with Crippen molar-refractivity contribution in [3.8, 4) is 0 Å². The Morgan fingerprint density at radius 1 is 0.652 bits per heavy atom. The molecular formula is C19H13Br2NO. The summed E-state index contributed by atoms with van der Waals surface area (Å²) in [4.78, 5) is 14.8. The highest BCUT2D eigenvalue weighted by molar-refractivity contribution is 9.11. The zero-order valence-electron chi connectivity index (χ0n) is 12.1. The molecule has 3 aromatic carbocycles. The molecule has 23 heavy (non-hydrogen) atoms. The maximum absolute atomic E-state index is 13.1. The van der Waals surface area contributed by atoms with E-state index < -0.39 is 0 Å². The molecule has 0 spiro atoms. The van der Waals surface area contributed by atoms with E-state index in [4.69, 9.17) is 0 Å². The molecule has 0 aromatic heterocycles. The average Bonchev–Trinajstić information content (AvgIpc) is 2.59. The Balaban J connectivity index is 2.17. The second-order valence-corrected chi connectivity index (χ2v) is 6.62. The van der Waals surface area contributed by atoms with E-state index in [0.717, 1.165) is 20.3 Å². The number of amides is 1. The summed E-state index contributed by atoms with van der Waals surface area (Å²) < 4.78 is 1.72. The molecule has 3 aromatic rings. The van der Waals surface area contributed by atoms with Crippen LogP contribution in [0.4, 0.5) is 11.4 Å². The topological polar surface area (TPSA) is 20.3 Å². The van der Waals surface area contributed by atoms with Gasteiger partial charge in [-0.15, -0.1) is 0 Å². The molecule has 0 aliphatic heterocycles. The number of hydrogen-bond donors (Lipinski definition) is 0. The van der Waals surface area contributed by atoms with Gasteiger partial charge in [-0.3, -0.25) is 9.69 Å². The first-order valence-electron chi connectivity index (χ1n) is 7.07. The van der Waals surface area contributed by atoms with Crippen LogP contribution in [0.3, 0.4) is 0 Å². The van der Waals surface area contributed by atoms with Crippen molar-refractivity contribution >= 4 is 49.1 Å². The highest BCUT2D eigenvalue weighted by atomic mass is 79.9. The minimum absolute atomic E-state index is 0.0793. The molecule has 0 bridgehead atoms. The van der Waals surface area contributed by atoms with Crippen molar-refractivity contribution < 1.29 is 4.79 Å². The van der Waals surface area contributed by atoms with Gasteiger partial charge in [-0.2, -0.15) is 0 Å². The normalized spacial score (nSPS) is 10.3. The van der Waals surface area contributed by atoms with Crippen molar-refractivity contribution in [2.24, 2.45) is 0 Å². The van der Waals surface area contributed by atoms with E-state index in [1.54, 1.807) is 4.90 Å². The van der Waals surface area contributed by atoms with E-state index in [-0.39, 0.29) is 5.91 Å². The lowest BCUT2D eigenvalue weighted by Crippen LogP contribution is -2.26. The molecule has 1 amide bonds. The van der Waals surface area contributed by atoms with Crippen LogP contribution in [0.2, 0.25) is 0 Å². The van der Waals surface area contributed by atoms with Gasteiger partial charge in [0.15, 0.2) is 0 Å². The van der Waals surface area contributed by atoms with E-state index in [1.807, 2.05) is 78.9 Å². The van der Waals surface area contributed by atoms with Crippen LogP contribution in [0.15, 0.2) is 87.8 Å². The molecule has 0 fully saturated rings. The van der Waals surface area contributed by atoms with Gasteiger partial charge in [0.05, 0.1) is 11.4 Å². The van der Waals surface area contributed by atoms with Crippen LogP contribution in [0.5, 0.6) is 0 Å². The minimum Gasteiger partial charge on any atom is -0.275 e. The molecular weight excluding hydrogens is 418 g/mol. The summed E-state index contributed by atoms with van der Waals surface area (Å²) in [5.41, 5.74) is 2.24. The van der Waals surface area contributed by atoms with Gasteiger partial charge in [-0.25, -0.2) is 0 Å². The van der Waals surface area contributed by atoms with Crippen LogP contribution in [-0.2, 0) is 0 Å². The minimum atomic E-state index is -0.0793. The fourth-order valence-electron chi connectivity index (χ4n) is 2.32. The number of halogens is 2. The number of carbonyl (C=O) groups is 1. The summed E-state index contributed by atoms with van der Waals surface area (Å²) >= 11 is 7.10. The van der Waals surface area contributed by atoms with Crippen LogP contribution in [0.25, 0.3) is 0 Å². The quantitative estimate of drug-likeness (QED) is 0.485. The van der Waals surface area contributed by atoms with Gasteiger partial charge in [0.25, 0.3) is 5.91 Å². The molecule has 114 valence electrons. The van der Waals surface area contributed by atoms with Crippen molar-refractivity contribution in [1.82, 2.24) is 0 Å². The number of para-hydroxylation sites is 2.